The van der Waals surface area contributed by atoms with Crippen LogP contribution >= 0.6 is 0 Å². The maximum Gasteiger partial charge on any atom is 0.410 e. The number of hydrogen-bond acceptors (Lipinski definition) is 4. The highest BCUT2D eigenvalue weighted by atomic mass is 16.6. The van der Waals surface area contributed by atoms with Crippen molar-refractivity contribution in [3.63, 3.8) is 0 Å². The Bertz CT molecular complexity index is 845. The van der Waals surface area contributed by atoms with Crippen molar-refractivity contribution in [3.05, 3.63) is 60.2 Å². The first-order chi connectivity index (χ1) is 13.8. The first-order valence-corrected chi connectivity index (χ1v) is 9.92. The van der Waals surface area contributed by atoms with Crippen LogP contribution in [-0.4, -0.2) is 53.6 Å². The Morgan fingerprint density at radius 2 is 1.48 bits per heavy atom. The smallest absolute Gasteiger partial charge is 0.410 e. The van der Waals surface area contributed by atoms with Crippen molar-refractivity contribution in [2.75, 3.05) is 26.2 Å². The number of nitrogens with zero attached hydrogens (tertiary/aromatic N) is 2. The van der Waals surface area contributed by atoms with Crippen molar-refractivity contribution >= 4 is 12.0 Å². The molecule has 6 nitrogen and oxygen atoms in total. The van der Waals surface area contributed by atoms with E-state index >= 15 is 0 Å². The van der Waals surface area contributed by atoms with E-state index in [2.05, 4.69) is 0 Å². The summed E-state index contributed by atoms with van der Waals surface area (Å²) >= 11 is 0. The summed E-state index contributed by atoms with van der Waals surface area (Å²) in [6.45, 7) is 7.66. The van der Waals surface area contributed by atoms with E-state index in [1.54, 1.807) is 21.9 Å². The second-order valence-electron chi connectivity index (χ2n) is 8.06. The fourth-order valence-electron chi connectivity index (χ4n) is 3.13. The van der Waals surface area contributed by atoms with E-state index in [0.29, 0.717) is 43.9 Å². The number of hydrogen-bond donors (Lipinski definition) is 0. The average molecular weight is 396 g/mol. The van der Waals surface area contributed by atoms with Gasteiger partial charge in [0.25, 0.3) is 5.91 Å². The van der Waals surface area contributed by atoms with Crippen LogP contribution in [0.1, 0.15) is 37.6 Å². The number of benzene rings is 2. The van der Waals surface area contributed by atoms with Gasteiger partial charge in [-0.1, -0.05) is 24.3 Å². The topological polar surface area (TPSA) is 59.1 Å². The van der Waals surface area contributed by atoms with Crippen LogP contribution in [0, 0.1) is 0 Å². The maximum absolute atomic E-state index is 13.0. The molecule has 1 saturated heterocycles. The Morgan fingerprint density at radius 1 is 0.828 bits per heavy atom. The highest BCUT2D eigenvalue weighted by Crippen LogP contribution is 2.23. The van der Waals surface area contributed by atoms with Gasteiger partial charge in [-0.15, -0.1) is 0 Å². The number of rotatable bonds is 3. The zero-order valence-electron chi connectivity index (χ0n) is 17.3. The Morgan fingerprint density at radius 3 is 2.21 bits per heavy atom. The molecule has 0 unspecified atom stereocenters. The molecule has 0 aromatic heterocycles. The molecule has 0 saturated carbocycles. The van der Waals surface area contributed by atoms with E-state index in [9.17, 15) is 9.59 Å². The predicted octanol–water partition coefficient (Wildman–Crippen LogP) is 4.56. The molecule has 29 heavy (non-hydrogen) atoms. The van der Waals surface area contributed by atoms with Gasteiger partial charge in [0, 0.05) is 31.7 Å². The summed E-state index contributed by atoms with van der Waals surface area (Å²) in [5.41, 5.74) is 0.0436. The molecule has 3 rings (SSSR count). The van der Waals surface area contributed by atoms with Gasteiger partial charge in [-0.05, 0) is 57.5 Å². The minimum atomic E-state index is -0.530. The summed E-state index contributed by atoms with van der Waals surface area (Å²) < 4.78 is 11.3. The Balaban J connectivity index is 1.63. The van der Waals surface area contributed by atoms with Crippen molar-refractivity contribution in [1.29, 1.82) is 0 Å². The van der Waals surface area contributed by atoms with Gasteiger partial charge in [-0.25, -0.2) is 4.79 Å². The van der Waals surface area contributed by atoms with Crippen LogP contribution in [0.25, 0.3) is 0 Å². The van der Waals surface area contributed by atoms with Gasteiger partial charge in [-0.2, -0.15) is 0 Å². The van der Waals surface area contributed by atoms with Gasteiger partial charge in [0.15, 0.2) is 0 Å². The van der Waals surface area contributed by atoms with Gasteiger partial charge in [0.1, 0.15) is 17.1 Å². The van der Waals surface area contributed by atoms with E-state index < -0.39 is 5.60 Å². The molecular formula is C23H28N2O4. The molecule has 0 radical (unpaired) electrons. The fourth-order valence-corrected chi connectivity index (χ4v) is 3.13. The molecule has 2 aromatic carbocycles. The predicted molar refractivity (Wildman–Crippen MR) is 111 cm³/mol. The van der Waals surface area contributed by atoms with E-state index in [1.807, 2.05) is 63.2 Å². The van der Waals surface area contributed by atoms with E-state index in [-0.39, 0.29) is 12.0 Å². The molecule has 1 heterocycles. The third-order valence-corrected chi connectivity index (χ3v) is 4.49. The Hall–Kier alpha value is -3.02. The van der Waals surface area contributed by atoms with Gasteiger partial charge in [0.05, 0.1) is 0 Å². The van der Waals surface area contributed by atoms with Crippen molar-refractivity contribution in [3.8, 4) is 11.5 Å². The van der Waals surface area contributed by atoms with Crippen molar-refractivity contribution in [1.82, 2.24) is 9.80 Å². The molecule has 0 aliphatic carbocycles. The summed E-state index contributed by atoms with van der Waals surface area (Å²) in [5, 5.41) is 0. The number of para-hydroxylation sites is 1. The van der Waals surface area contributed by atoms with Crippen LogP contribution in [0.3, 0.4) is 0 Å². The highest BCUT2D eigenvalue weighted by Gasteiger charge is 2.26. The largest absolute Gasteiger partial charge is 0.457 e. The summed E-state index contributed by atoms with van der Waals surface area (Å²) in [6, 6.07) is 16.7. The highest BCUT2D eigenvalue weighted by molar-refractivity contribution is 5.94. The molecule has 1 fully saturated rings. The third-order valence-electron chi connectivity index (χ3n) is 4.49. The lowest BCUT2D eigenvalue weighted by molar-refractivity contribution is 0.0255. The maximum atomic E-state index is 13.0. The fraction of sp³-hybridized carbons (Fsp3) is 0.391. The lowest BCUT2D eigenvalue weighted by Crippen LogP contribution is -2.40. The van der Waals surface area contributed by atoms with Gasteiger partial charge in [-0.3, -0.25) is 4.79 Å². The second kappa shape index (κ2) is 8.99. The van der Waals surface area contributed by atoms with Crippen molar-refractivity contribution in [2.45, 2.75) is 32.8 Å². The molecule has 2 aromatic rings. The zero-order chi connectivity index (χ0) is 20.9. The quantitative estimate of drug-likeness (QED) is 0.763. The molecule has 2 amide bonds. The third kappa shape index (κ3) is 5.98. The minimum Gasteiger partial charge on any atom is -0.457 e. The monoisotopic (exact) mass is 396 g/mol. The molecule has 1 aliphatic heterocycles. The van der Waals surface area contributed by atoms with Crippen LogP contribution in [0.15, 0.2) is 54.6 Å². The molecular weight excluding hydrogens is 368 g/mol. The van der Waals surface area contributed by atoms with Crippen LogP contribution < -0.4 is 4.74 Å². The number of carbonyl (C=O) groups excluding carboxylic acids is 2. The van der Waals surface area contributed by atoms with E-state index in [0.717, 1.165) is 5.75 Å². The molecule has 0 spiro atoms. The first-order valence-electron chi connectivity index (χ1n) is 9.92. The average Bonchev–Trinajstić information content (AvgIpc) is 2.93. The van der Waals surface area contributed by atoms with E-state index in [1.165, 1.54) is 0 Å². The zero-order valence-corrected chi connectivity index (χ0v) is 17.3. The van der Waals surface area contributed by atoms with Crippen LogP contribution in [0.2, 0.25) is 0 Å². The first kappa shape index (κ1) is 20.7. The van der Waals surface area contributed by atoms with Gasteiger partial charge >= 0.3 is 6.09 Å². The van der Waals surface area contributed by atoms with Crippen LogP contribution in [0.5, 0.6) is 11.5 Å². The van der Waals surface area contributed by atoms with Crippen LogP contribution in [0.4, 0.5) is 4.79 Å². The SMILES string of the molecule is CC(C)(C)OC(=O)N1CCCN(C(=O)c2cccc(Oc3ccccc3)c2)CC1. The minimum absolute atomic E-state index is 0.0606. The lowest BCUT2D eigenvalue weighted by atomic mass is 10.2. The van der Waals surface area contributed by atoms with Crippen LogP contribution in [-0.2, 0) is 4.74 Å². The molecule has 154 valence electrons. The Kier molecular flexibility index (Phi) is 6.42. The second-order valence-corrected chi connectivity index (χ2v) is 8.06. The Labute approximate surface area is 172 Å². The van der Waals surface area contributed by atoms with Gasteiger partial charge < -0.3 is 19.3 Å². The summed E-state index contributed by atoms with van der Waals surface area (Å²) in [6.07, 6.45) is 0.385. The number of ether oxygens (including phenoxy) is 2. The normalized spacial score (nSPS) is 14.9. The standard InChI is InChI=1S/C23H28N2O4/c1-23(2,3)29-22(27)25-14-8-13-24(15-16-25)21(26)18-9-7-12-20(17-18)28-19-10-5-4-6-11-19/h4-7,9-12,17H,8,13-16H2,1-3H3. The molecule has 6 heteroatoms. The summed E-state index contributed by atoms with van der Waals surface area (Å²) in [5.74, 6) is 1.28. The summed E-state index contributed by atoms with van der Waals surface area (Å²) in [4.78, 5) is 28.8. The molecule has 0 N–H and O–H groups in total. The molecule has 1 aliphatic rings. The van der Waals surface area contributed by atoms with Crippen molar-refractivity contribution < 1.29 is 19.1 Å². The number of amides is 2. The van der Waals surface area contributed by atoms with Gasteiger partial charge in [0.2, 0.25) is 0 Å². The molecule has 0 bridgehead atoms. The lowest BCUT2D eigenvalue weighted by Gasteiger charge is -2.26. The van der Waals surface area contributed by atoms with E-state index in [4.69, 9.17) is 9.47 Å². The molecule has 0 atom stereocenters. The number of carbonyl (C=O) groups is 2. The van der Waals surface area contributed by atoms with Crippen molar-refractivity contribution in [2.24, 2.45) is 0 Å². The summed E-state index contributed by atoms with van der Waals surface area (Å²) in [7, 11) is 0.